The molecule has 0 amide bonds. The van der Waals surface area contributed by atoms with Gasteiger partial charge in [-0.2, -0.15) is 5.10 Å². The molecule has 0 heterocycles. The number of benzene rings is 3. The Bertz CT molecular complexity index is 764. The maximum absolute atomic E-state index is 4.71. The predicted octanol–water partition coefficient (Wildman–Crippen LogP) is 5.04. The molecule has 3 aromatic carbocycles. The molecular weight excluding hydrogens is 280 g/mol. The van der Waals surface area contributed by atoms with Gasteiger partial charge in [0.1, 0.15) is 0 Å². The summed E-state index contributed by atoms with van der Waals surface area (Å²) in [7, 11) is 0. The van der Waals surface area contributed by atoms with Crippen molar-refractivity contribution in [1.82, 2.24) is 0 Å². The van der Waals surface area contributed by atoms with Gasteiger partial charge < -0.3 is 0 Å². The number of hydrazone groups is 1. The Balaban J connectivity index is 1.86. The maximum Gasteiger partial charge on any atom is 0.0666 e. The summed E-state index contributed by atoms with van der Waals surface area (Å²) >= 11 is 0. The molecule has 0 saturated heterocycles. The molecule has 0 bridgehead atoms. The highest BCUT2D eigenvalue weighted by Gasteiger charge is 2.05. The van der Waals surface area contributed by atoms with E-state index < -0.39 is 0 Å². The lowest BCUT2D eigenvalue weighted by atomic mass is 10.1. The maximum atomic E-state index is 4.71. The molecule has 0 aromatic heterocycles. The SMILES string of the molecule is Cc1cccc(/C=N\N(Cc2ccccc2)c2ccccc2)c1. The monoisotopic (exact) mass is 300 g/mol. The van der Waals surface area contributed by atoms with Crippen LogP contribution in [0.25, 0.3) is 0 Å². The van der Waals surface area contributed by atoms with Crippen molar-refractivity contribution in [2.24, 2.45) is 5.10 Å². The van der Waals surface area contributed by atoms with E-state index in [4.69, 9.17) is 5.10 Å². The Kier molecular flexibility index (Phi) is 4.85. The first-order valence-corrected chi connectivity index (χ1v) is 7.78. The molecule has 2 nitrogen and oxygen atoms in total. The van der Waals surface area contributed by atoms with Gasteiger partial charge in [0.15, 0.2) is 0 Å². The summed E-state index contributed by atoms with van der Waals surface area (Å²) in [6, 6.07) is 29.0. The third-order valence-electron chi connectivity index (χ3n) is 3.62. The minimum atomic E-state index is 0.743. The molecule has 0 saturated carbocycles. The van der Waals surface area contributed by atoms with E-state index in [0.29, 0.717) is 0 Å². The molecule has 0 aliphatic heterocycles. The molecule has 0 atom stereocenters. The van der Waals surface area contributed by atoms with E-state index in [1.54, 1.807) is 0 Å². The number of hydrogen-bond donors (Lipinski definition) is 0. The fourth-order valence-corrected chi connectivity index (χ4v) is 2.44. The Morgan fingerprint density at radius 3 is 2.22 bits per heavy atom. The summed E-state index contributed by atoms with van der Waals surface area (Å²) in [5.74, 6) is 0. The third-order valence-corrected chi connectivity index (χ3v) is 3.62. The summed E-state index contributed by atoms with van der Waals surface area (Å²) in [5, 5.41) is 6.73. The minimum Gasteiger partial charge on any atom is -0.261 e. The Morgan fingerprint density at radius 2 is 1.52 bits per heavy atom. The second-order valence-electron chi connectivity index (χ2n) is 5.54. The van der Waals surface area contributed by atoms with E-state index in [9.17, 15) is 0 Å². The molecule has 0 aliphatic carbocycles. The van der Waals surface area contributed by atoms with Gasteiger partial charge in [-0.05, 0) is 30.2 Å². The number of rotatable bonds is 5. The molecule has 23 heavy (non-hydrogen) atoms. The second-order valence-corrected chi connectivity index (χ2v) is 5.54. The van der Waals surface area contributed by atoms with E-state index >= 15 is 0 Å². The quantitative estimate of drug-likeness (QED) is 0.476. The third kappa shape index (κ3) is 4.30. The number of anilines is 1. The van der Waals surface area contributed by atoms with Crippen LogP contribution in [0.4, 0.5) is 5.69 Å². The van der Waals surface area contributed by atoms with Crippen LogP contribution in [-0.2, 0) is 6.54 Å². The van der Waals surface area contributed by atoms with Gasteiger partial charge in [0.05, 0.1) is 18.4 Å². The molecule has 114 valence electrons. The first kappa shape index (κ1) is 15.0. The van der Waals surface area contributed by atoms with E-state index in [2.05, 4.69) is 67.6 Å². The summed E-state index contributed by atoms with van der Waals surface area (Å²) in [6.45, 7) is 2.84. The summed E-state index contributed by atoms with van der Waals surface area (Å²) in [5.41, 5.74) is 4.67. The molecule has 0 aliphatic rings. The zero-order chi connectivity index (χ0) is 15.9. The highest BCUT2D eigenvalue weighted by molar-refractivity contribution is 5.80. The Labute approximate surface area is 137 Å². The summed E-state index contributed by atoms with van der Waals surface area (Å²) < 4.78 is 0. The van der Waals surface area contributed by atoms with Crippen LogP contribution >= 0.6 is 0 Å². The topological polar surface area (TPSA) is 15.6 Å². The smallest absolute Gasteiger partial charge is 0.0666 e. The highest BCUT2D eigenvalue weighted by atomic mass is 15.4. The van der Waals surface area contributed by atoms with Crippen LogP contribution in [0.2, 0.25) is 0 Å². The fraction of sp³-hybridized carbons (Fsp3) is 0.0952. The lowest BCUT2D eigenvalue weighted by molar-refractivity contribution is 0.858. The average Bonchev–Trinajstić information content (AvgIpc) is 2.60. The van der Waals surface area contributed by atoms with Crippen LogP contribution < -0.4 is 5.01 Å². The van der Waals surface area contributed by atoms with Crippen molar-refractivity contribution >= 4 is 11.9 Å². The predicted molar refractivity (Wildman–Crippen MR) is 97.8 cm³/mol. The van der Waals surface area contributed by atoms with Crippen molar-refractivity contribution < 1.29 is 0 Å². The average molecular weight is 300 g/mol. The van der Waals surface area contributed by atoms with Crippen LogP contribution in [0, 0.1) is 6.92 Å². The van der Waals surface area contributed by atoms with E-state index in [0.717, 1.165) is 17.8 Å². The van der Waals surface area contributed by atoms with Crippen LogP contribution in [0.15, 0.2) is 90.0 Å². The van der Waals surface area contributed by atoms with E-state index in [1.807, 2.05) is 35.5 Å². The van der Waals surface area contributed by atoms with E-state index in [-0.39, 0.29) is 0 Å². The van der Waals surface area contributed by atoms with Crippen molar-refractivity contribution in [3.05, 3.63) is 102 Å². The summed E-state index contributed by atoms with van der Waals surface area (Å²) in [4.78, 5) is 0. The number of aryl methyl sites for hydroxylation is 1. The van der Waals surface area contributed by atoms with Gasteiger partial charge in [-0.25, -0.2) is 0 Å². The van der Waals surface area contributed by atoms with Gasteiger partial charge >= 0.3 is 0 Å². The molecule has 0 spiro atoms. The standard InChI is InChI=1S/C21H20N2/c1-18-9-8-12-20(15-18)16-22-23(21-13-6-3-7-14-21)17-19-10-4-2-5-11-19/h2-16H,17H2,1H3/b22-16-. The normalized spacial score (nSPS) is 10.8. The first-order valence-electron chi connectivity index (χ1n) is 7.78. The molecule has 2 heteroatoms. The van der Waals surface area contributed by atoms with Crippen molar-refractivity contribution in [2.75, 3.05) is 5.01 Å². The van der Waals surface area contributed by atoms with Crippen LogP contribution in [-0.4, -0.2) is 6.21 Å². The molecule has 0 unspecified atom stereocenters. The minimum absolute atomic E-state index is 0.743. The molecular formula is C21H20N2. The van der Waals surface area contributed by atoms with Gasteiger partial charge in [0, 0.05) is 0 Å². The highest BCUT2D eigenvalue weighted by Crippen LogP contribution is 2.17. The van der Waals surface area contributed by atoms with Crippen LogP contribution in [0.1, 0.15) is 16.7 Å². The number of hydrogen-bond acceptors (Lipinski definition) is 2. The lowest BCUT2D eigenvalue weighted by Gasteiger charge is -2.19. The molecule has 3 aromatic rings. The zero-order valence-corrected chi connectivity index (χ0v) is 13.3. The van der Waals surface area contributed by atoms with Gasteiger partial charge in [0.25, 0.3) is 0 Å². The van der Waals surface area contributed by atoms with Crippen molar-refractivity contribution in [3.63, 3.8) is 0 Å². The second kappa shape index (κ2) is 7.41. The molecule has 3 rings (SSSR count). The fourth-order valence-electron chi connectivity index (χ4n) is 2.44. The van der Waals surface area contributed by atoms with Gasteiger partial charge in [0.2, 0.25) is 0 Å². The number of para-hydroxylation sites is 1. The van der Waals surface area contributed by atoms with Gasteiger partial charge in [-0.15, -0.1) is 0 Å². The van der Waals surface area contributed by atoms with Crippen LogP contribution in [0.5, 0.6) is 0 Å². The molecule has 0 fully saturated rings. The zero-order valence-electron chi connectivity index (χ0n) is 13.3. The van der Waals surface area contributed by atoms with Crippen molar-refractivity contribution in [3.8, 4) is 0 Å². The van der Waals surface area contributed by atoms with Crippen LogP contribution in [0.3, 0.4) is 0 Å². The van der Waals surface area contributed by atoms with Gasteiger partial charge in [-0.1, -0.05) is 78.4 Å². The van der Waals surface area contributed by atoms with Crippen molar-refractivity contribution in [2.45, 2.75) is 13.5 Å². The van der Waals surface area contributed by atoms with E-state index in [1.165, 1.54) is 11.1 Å². The van der Waals surface area contributed by atoms with Gasteiger partial charge in [-0.3, -0.25) is 5.01 Å². The lowest BCUT2D eigenvalue weighted by Crippen LogP contribution is -2.16. The van der Waals surface area contributed by atoms with Crippen molar-refractivity contribution in [1.29, 1.82) is 0 Å². The number of nitrogens with zero attached hydrogens (tertiary/aromatic N) is 2. The molecule has 0 radical (unpaired) electrons. The first-order chi connectivity index (χ1) is 11.3. The summed E-state index contributed by atoms with van der Waals surface area (Å²) in [6.07, 6.45) is 1.92. The Morgan fingerprint density at radius 1 is 0.826 bits per heavy atom. The largest absolute Gasteiger partial charge is 0.261 e. The molecule has 0 N–H and O–H groups in total. The Hall–Kier alpha value is -2.87.